The molecule has 0 heterocycles. The van der Waals surface area contributed by atoms with Crippen molar-refractivity contribution in [3.63, 3.8) is 0 Å². The van der Waals surface area contributed by atoms with E-state index in [1.807, 2.05) is 30.3 Å². The zero-order chi connectivity index (χ0) is 11.8. The van der Waals surface area contributed by atoms with Gasteiger partial charge in [0.05, 0.1) is 0 Å². The fourth-order valence-electron chi connectivity index (χ4n) is 1.72. The zero-order valence-corrected chi connectivity index (χ0v) is 10.1. The summed E-state index contributed by atoms with van der Waals surface area (Å²) in [5.41, 5.74) is 0. The van der Waals surface area contributed by atoms with Gasteiger partial charge in [0.2, 0.25) is 0 Å². The number of Topliss-reactive ketones (excluding diaryl/α,β-unsaturated/α-hetero) is 1. The van der Waals surface area contributed by atoms with Gasteiger partial charge in [0.1, 0.15) is 12.4 Å². The lowest BCUT2D eigenvalue weighted by atomic mass is 10.00. The number of para-hydroxylation sites is 1. The molecule has 1 aromatic rings. The Morgan fingerprint density at radius 3 is 2.62 bits per heavy atom. The molecule has 0 radical (unpaired) electrons. The van der Waals surface area contributed by atoms with Crippen molar-refractivity contribution in [3.05, 3.63) is 30.3 Å². The lowest BCUT2D eigenvalue weighted by molar-refractivity contribution is -0.121. The Balaban J connectivity index is 2.25. The van der Waals surface area contributed by atoms with Gasteiger partial charge >= 0.3 is 0 Å². The molecule has 0 amide bonds. The molecule has 0 bridgehead atoms. The van der Waals surface area contributed by atoms with E-state index < -0.39 is 0 Å². The minimum Gasteiger partial charge on any atom is -0.486 e. The fraction of sp³-hybridized carbons (Fsp3) is 0.500. The van der Waals surface area contributed by atoms with Crippen LogP contribution in [0.3, 0.4) is 0 Å². The van der Waals surface area contributed by atoms with Crippen molar-refractivity contribution in [3.8, 4) is 5.75 Å². The molecule has 0 fully saturated rings. The molecule has 0 N–H and O–H groups in total. The summed E-state index contributed by atoms with van der Waals surface area (Å²) in [5.74, 6) is 1.42. The van der Waals surface area contributed by atoms with E-state index in [-0.39, 0.29) is 12.4 Å². The minimum atomic E-state index is 0.185. The smallest absolute Gasteiger partial charge is 0.170 e. The summed E-state index contributed by atoms with van der Waals surface area (Å²) in [7, 11) is 0. The van der Waals surface area contributed by atoms with Gasteiger partial charge in [-0.15, -0.1) is 0 Å². The van der Waals surface area contributed by atoms with Crippen molar-refractivity contribution in [2.75, 3.05) is 6.61 Å². The van der Waals surface area contributed by atoms with Crippen LogP contribution in [0.1, 0.15) is 33.1 Å². The molecule has 1 rings (SSSR count). The third-order valence-electron chi connectivity index (χ3n) is 2.50. The first-order chi connectivity index (χ1) is 7.72. The van der Waals surface area contributed by atoms with E-state index in [4.69, 9.17) is 4.74 Å². The van der Waals surface area contributed by atoms with Gasteiger partial charge in [-0.1, -0.05) is 44.9 Å². The van der Waals surface area contributed by atoms with Gasteiger partial charge in [0, 0.05) is 6.42 Å². The lowest BCUT2D eigenvalue weighted by Gasteiger charge is -2.09. The molecular formula is C14H20O2. The van der Waals surface area contributed by atoms with E-state index in [0.29, 0.717) is 12.3 Å². The molecule has 2 nitrogen and oxygen atoms in total. The van der Waals surface area contributed by atoms with Crippen molar-refractivity contribution in [1.82, 2.24) is 0 Å². The van der Waals surface area contributed by atoms with Crippen LogP contribution >= 0.6 is 0 Å². The van der Waals surface area contributed by atoms with Crippen LogP contribution in [-0.4, -0.2) is 12.4 Å². The third-order valence-corrected chi connectivity index (χ3v) is 2.50. The van der Waals surface area contributed by atoms with Gasteiger partial charge in [0.15, 0.2) is 5.78 Å². The monoisotopic (exact) mass is 220 g/mol. The van der Waals surface area contributed by atoms with Crippen LogP contribution in [0.15, 0.2) is 30.3 Å². The van der Waals surface area contributed by atoms with Gasteiger partial charge in [-0.3, -0.25) is 4.79 Å². The van der Waals surface area contributed by atoms with Gasteiger partial charge in [-0.05, 0) is 18.1 Å². The first kappa shape index (κ1) is 12.8. The van der Waals surface area contributed by atoms with Crippen LogP contribution < -0.4 is 4.74 Å². The predicted molar refractivity (Wildman–Crippen MR) is 65.6 cm³/mol. The molecule has 0 saturated heterocycles. The summed E-state index contributed by atoms with van der Waals surface area (Å²) in [4.78, 5) is 11.6. The van der Waals surface area contributed by atoms with E-state index in [0.717, 1.165) is 18.6 Å². The number of hydrogen-bond acceptors (Lipinski definition) is 2. The molecule has 0 aliphatic rings. The maximum absolute atomic E-state index is 11.6. The highest BCUT2D eigenvalue weighted by Crippen LogP contribution is 2.12. The molecule has 0 aromatic heterocycles. The van der Waals surface area contributed by atoms with Crippen LogP contribution in [0, 0.1) is 5.92 Å². The highest BCUT2D eigenvalue weighted by molar-refractivity contribution is 5.80. The number of carbonyl (C=O) groups is 1. The first-order valence-corrected chi connectivity index (χ1v) is 5.92. The molecule has 1 aromatic carbocycles. The largest absolute Gasteiger partial charge is 0.486 e. The molecule has 88 valence electrons. The second-order valence-electron chi connectivity index (χ2n) is 4.24. The van der Waals surface area contributed by atoms with E-state index in [9.17, 15) is 4.79 Å². The molecule has 0 aliphatic carbocycles. The Bertz CT molecular complexity index is 306. The molecule has 0 spiro atoms. The molecule has 1 unspecified atom stereocenters. The summed E-state index contributed by atoms with van der Waals surface area (Å²) < 4.78 is 5.40. The van der Waals surface area contributed by atoms with E-state index in [1.165, 1.54) is 0 Å². The lowest BCUT2D eigenvalue weighted by Crippen LogP contribution is -2.14. The van der Waals surface area contributed by atoms with Gasteiger partial charge < -0.3 is 4.74 Å². The number of carbonyl (C=O) groups excluding carboxylic acids is 1. The summed E-state index contributed by atoms with van der Waals surface area (Å²) in [6, 6.07) is 9.46. The Kier molecular flexibility index (Phi) is 5.62. The quantitative estimate of drug-likeness (QED) is 0.703. The summed E-state index contributed by atoms with van der Waals surface area (Å²) in [6.07, 6.45) is 2.87. The Morgan fingerprint density at radius 1 is 1.31 bits per heavy atom. The van der Waals surface area contributed by atoms with E-state index >= 15 is 0 Å². The second-order valence-corrected chi connectivity index (χ2v) is 4.24. The van der Waals surface area contributed by atoms with E-state index in [1.54, 1.807) is 0 Å². The number of ketones is 1. The van der Waals surface area contributed by atoms with Crippen molar-refractivity contribution in [2.24, 2.45) is 5.92 Å². The van der Waals surface area contributed by atoms with Crippen LogP contribution in [0.5, 0.6) is 5.75 Å². The number of ether oxygens (including phenoxy) is 1. The van der Waals surface area contributed by atoms with Crippen LogP contribution in [0.4, 0.5) is 0 Å². The van der Waals surface area contributed by atoms with Gasteiger partial charge in [0.25, 0.3) is 0 Å². The average molecular weight is 220 g/mol. The van der Waals surface area contributed by atoms with Crippen LogP contribution in [-0.2, 0) is 4.79 Å². The maximum Gasteiger partial charge on any atom is 0.170 e. The van der Waals surface area contributed by atoms with Crippen molar-refractivity contribution >= 4 is 5.78 Å². The van der Waals surface area contributed by atoms with Crippen LogP contribution in [0.2, 0.25) is 0 Å². The Morgan fingerprint density at radius 2 is 2.00 bits per heavy atom. The number of benzene rings is 1. The summed E-state index contributed by atoms with van der Waals surface area (Å²) >= 11 is 0. The summed E-state index contributed by atoms with van der Waals surface area (Å²) in [6.45, 7) is 4.45. The summed E-state index contributed by atoms with van der Waals surface area (Å²) in [5, 5.41) is 0. The molecular weight excluding hydrogens is 200 g/mol. The number of rotatable bonds is 7. The SMILES string of the molecule is CCCC(C)CC(=O)COc1ccccc1. The normalized spacial score (nSPS) is 12.1. The second kappa shape index (κ2) is 7.04. The van der Waals surface area contributed by atoms with Crippen molar-refractivity contribution < 1.29 is 9.53 Å². The molecule has 1 atom stereocenters. The van der Waals surface area contributed by atoms with Crippen molar-refractivity contribution in [2.45, 2.75) is 33.1 Å². The Hall–Kier alpha value is -1.31. The minimum absolute atomic E-state index is 0.185. The van der Waals surface area contributed by atoms with Crippen LogP contribution in [0.25, 0.3) is 0 Å². The first-order valence-electron chi connectivity index (χ1n) is 5.92. The predicted octanol–water partition coefficient (Wildman–Crippen LogP) is 3.46. The maximum atomic E-state index is 11.6. The Labute approximate surface area is 97.6 Å². The topological polar surface area (TPSA) is 26.3 Å². The molecule has 2 heteroatoms. The highest BCUT2D eigenvalue weighted by atomic mass is 16.5. The molecule has 0 saturated carbocycles. The average Bonchev–Trinajstić information content (AvgIpc) is 2.28. The van der Waals surface area contributed by atoms with Crippen molar-refractivity contribution in [1.29, 1.82) is 0 Å². The fourth-order valence-corrected chi connectivity index (χ4v) is 1.72. The molecule has 16 heavy (non-hydrogen) atoms. The number of hydrogen-bond donors (Lipinski definition) is 0. The van der Waals surface area contributed by atoms with Gasteiger partial charge in [-0.25, -0.2) is 0 Å². The third kappa shape index (κ3) is 4.96. The van der Waals surface area contributed by atoms with E-state index in [2.05, 4.69) is 13.8 Å². The highest BCUT2D eigenvalue weighted by Gasteiger charge is 2.08. The zero-order valence-electron chi connectivity index (χ0n) is 10.1. The van der Waals surface area contributed by atoms with Gasteiger partial charge in [-0.2, -0.15) is 0 Å². The molecule has 0 aliphatic heterocycles. The standard InChI is InChI=1S/C14H20O2/c1-3-7-12(2)10-13(15)11-16-14-8-5-4-6-9-14/h4-6,8-9,12H,3,7,10-11H2,1-2H3.